The van der Waals surface area contributed by atoms with E-state index in [9.17, 15) is 0 Å². The minimum absolute atomic E-state index is 0.104. The molecule has 0 saturated carbocycles. The third-order valence-electron chi connectivity index (χ3n) is 2.26. The van der Waals surface area contributed by atoms with Crippen molar-refractivity contribution in [1.29, 1.82) is 5.26 Å². The third kappa shape index (κ3) is 1.04. The van der Waals surface area contributed by atoms with E-state index >= 15 is 0 Å². The average Bonchev–Trinajstić information content (AvgIpc) is 2.05. The van der Waals surface area contributed by atoms with Gasteiger partial charge in [0.2, 0.25) is 0 Å². The molecule has 1 atom stereocenters. The summed E-state index contributed by atoms with van der Waals surface area (Å²) in [5, 5.41) is 8.73. The summed E-state index contributed by atoms with van der Waals surface area (Å²) in [5.41, 5.74) is 1.16. The van der Waals surface area contributed by atoms with Crippen molar-refractivity contribution in [2.75, 3.05) is 11.4 Å². The largest absolute Gasteiger partial charge is 0.356 e. The van der Waals surface area contributed by atoms with Crippen molar-refractivity contribution in [3.05, 3.63) is 30.3 Å². The van der Waals surface area contributed by atoms with E-state index in [1.54, 1.807) is 0 Å². The first-order valence-electron chi connectivity index (χ1n) is 4.13. The van der Waals surface area contributed by atoms with Crippen LogP contribution in [0, 0.1) is 11.3 Å². The second kappa shape index (κ2) is 2.86. The molecule has 0 radical (unpaired) electrons. The number of hydrogen-bond donors (Lipinski definition) is 0. The Labute approximate surface area is 72.0 Å². The average molecular weight is 158 g/mol. The van der Waals surface area contributed by atoms with Crippen molar-refractivity contribution < 1.29 is 0 Å². The summed E-state index contributed by atoms with van der Waals surface area (Å²) in [7, 11) is 0. The molecule has 0 N–H and O–H groups in total. The van der Waals surface area contributed by atoms with Crippen LogP contribution in [0.25, 0.3) is 0 Å². The highest BCUT2D eigenvalue weighted by molar-refractivity contribution is 5.51. The van der Waals surface area contributed by atoms with Gasteiger partial charge in [0.25, 0.3) is 0 Å². The topological polar surface area (TPSA) is 27.0 Å². The molecule has 1 unspecified atom stereocenters. The molecule has 0 aliphatic carbocycles. The van der Waals surface area contributed by atoms with Gasteiger partial charge in [-0.25, -0.2) is 0 Å². The molecular formula is C10H10N2. The van der Waals surface area contributed by atoms with Crippen LogP contribution in [-0.2, 0) is 0 Å². The minimum Gasteiger partial charge on any atom is -0.356 e. The van der Waals surface area contributed by atoms with Crippen LogP contribution in [0.1, 0.15) is 6.42 Å². The molecule has 0 amide bonds. The lowest BCUT2D eigenvalue weighted by Crippen LogP contribution is -2.46. The molecule has 0 bridgehead atoms. The third-order valence-corrected chi connectivity index (χ3v) is 2.26. The van der Waals surface area contributed by atoms with Gasteiger partial charge in [-0.15, -0.1) is 0 Å². The van der Waals surface area contributed by atoms with Crippen molar-refractivity contribution >= 4 is 5.69 Å². The highest BCUT2D eigenvalue weighted by Crippen LogP contribution is 2.24. The molecular weight excluding hydrogens is 148 g/mol. The molecule has 60 valence electrons. The zero-order valence-corrected chi connectivity index (χ0v) is 6.77. The maximum atomic E-state index is 8.73. The number of benzene rings is 1. The lowest BCUT2D eigenvalue weighted by atomic mass is 10.0. The fourth-order valence-corrected chi connectivity index (χ4v) is 1.45. The fourth-order valence-electron chi connectivity index (χ4n) is 1.45. The number of rotatable bonds is 1. The molecule has 2 rings (SSSR count). The predicted molar refractivity (Wildman–Crippen MR) is 47.8 cm³/mol. The van der Waals surface area contributed by atoms with Gasteiger partial charge in [0.05, 0.1) is 6.07 Å². The smallest absolute Gasteiger partial charge is 0.118 e. The van der Waals surface area contributed by atoms with Crippen LogP contribution < -0.4 is 4.90 Å². The molecule has 1 fully saturated rings. The highest BCUT2D eigenvalue weighted by Gasteiger charge is 2.27. The van der Waals surface area contributed by atoms with Crippen LogP contribution in [-0.4, -0.2) is 12.6 Å². The number of nitrogens with zero attached hydrogens (tertiary/aromatic N) is 2. The summed E-state index contributed by atoms with van der Waals surface area (Å²) < 4.78 is 0. The normalized spacial score (nSPS) is 21.2. The number of anilines is 1. The second-order valence-electron chi connectivity index (χ2n) is 2.96. The van der Waals surface area contributed by atoms with Gasteiger partial charge in [-0.3, -0.25) is 0 Å². The minimum atomic E-state index is 0.104. The molecule has 1 saturated heterocycles. The van der Waals surface area contributed by atoms with Gasteiger partial charge in [0, 0.05) is 12.2 Å². The van der Waals surface area contributed by atoms with Crippen LogP contribution in [0.2, 0.25) is 0 Å². The summed E-state index contributed by atoms with van der Waals surface area (Å²) in [4.78, 5) is 2.12. The quantitative estimate of drug-likeness (QED) is 0.623. The number of hydrogen-bond acceptors (Lipinski definition) is 2. The Kier molecular flexibility index (Phi) is 1.71. The molecule has 1 aromatic rings. The van der Waals surface area contributed by atoms with Gasteiger partial charge >= 0.3 is 0 Å². The van der Waals surface area contributed by atoms with E-state index in [1.807, 2.05) is 30.3 Å². The lowest BCUT2D eigenvalue weighted by molar-refractivity contribution is 0.531. The SMILES string of the molecule is N#CC1CCN1c1ccccc1. The van der Waals surface area contributed by atoms with Crippen molar-refractivity contribution in [3.63, 3.8) is 0 Å². The Bertz CT molecular complexity index is 299. The molecule has 1 heterocycles. The van der Waals surface area contributed by atoms with E-state index in [4.69, 9.17) is 5.26 Å². The zero-order valence-electron chi connectivity index (χ0n) is 6.77. The summed E-state index contributed by atoms with van der Waals surface area (Å²) >= 11 is 0. The molecule has 1 aromatic carbocycles. The van der Waals surface area contributed by atoms with Crippen LogP contribution in [0.5, 0.6) is 0 Å². The van der Waals surface area contributed by atoms with Crippen LogP contribution in [0.4, 0.5) is 5.69 Å². The van der Waals surface area contributed by atoms with E-state index in [-0.39, 0.29) is 6.04 Å². The van der Waals surface area contributed by atoms with Gasteiger partial charge in [-0.1, -0.05) is 18.2 Å². The molecule has 1 aliphatic heterocycles. The monoisotopic (exact) mass is 158 g/mol. The first-order valence-corrected chi connectivity index (χ1v) is 4.13. The van der Waals surface area contributed by atoms with E-state index in [0.29, 0.717) is 0 Å². The summed E-state index contributed by atoms with van der Waals surface area (Å²) in [5.74, 6) is 0. The van der Waals surface area contributed by atoms with E-state index in [1.165, 1.54) is 0 Å². The van der Waals surface area contributed by atoms with E-state index in [2.05, 4.69) is 11.0 Å². The first-order chi connectivity index (χ1) is 5.92. The van der Waals surface area contributed by atoms with Gasteiger partial charge in [0.15, 0.2) is 0 Å². The van der Waals surface area contributed by atoms with Gasteiger partial charge in [-0.05, 0) is 18.6 Å². The molecule has 2 heteroatoms. The predicted octanol–water partition coefficient (Wildman–Crippen LogP) is 1.79. The maximum Gasteiger partial charge on any atom is 0.118 e. The molecule has 2 nitrogen and oxygen atoms in total. The van der Waals surface area contributed by atoms with E-state index < -0.39 is 0 Å². The standard InChI is InChI=1S/C10H10N2/c11-8-10-6-7-12(10)9-4-2-1-3-5-9/h1-5,10H,6-7H2. The highest BCUT2D eigenvalue weighted by atomic mass is 15.2. The number of nitriles is 1. The Hall–Kier alpha value is -1.49. The summed E-state index contributed by atoms with van der Waals surface area (Å²) in [6, 6.07) is 12.5. The van der Waals surface area contributed by atoms with Gasteiger partial charge in [-0.2, -0.15) is 5.26 Å². The van der Waals surface area contributed by atoms with E-state index in [0.717, 1.165) is 18.7 Å². The molecule has 12 heavy (non-hydrogen) atoms. The molecule has 0 aromatic heterocycles. The second-order valence-corrected chi connectivity index (χ2v) is 2.96. The summed E-state index contributed by atoms with van der Waals surface area (Å²) in [6.45, 7) is 1.02. The van der Waals surface area contributed by atoms with Crippen LogP contribution >= 0.6 is 0 Å². The zero-order chi connectivity index (χ0) is 8.39. The van der Waals surface area contributed by atoms with Crippen molar-refractivity contribution in [3.8, 4) is 6.07 Å². The van der Waals surface area contributed by atoms with Gasteiger partial charge < -0.3 is 4.90 Å². The lowest BCUT2D eigenvalue weighted by Gasteiger charge is -2.38. The van der Waals surface area contributed by atoms with Crippen LogP contribution in [0.3, 0.4) is 0 Å². The van der Waals surface area contributed by atoms with Crippen molar-refractivity contribution in [2.24, 2.45) is 0 Å². The number of para-hydroxylation sites is 1. The van der Waals surface area contributed by atoms with Crippen molar-refractivity contribution in [1.82, 2.24) is 0 Å². The Morgan fingerprint density at radius 1 is 1.33 bits per heavy atom. The fraction of sp³-hybridized carbons (Fsp3) is 0.300. The summed E-state index contributed by atoms with van der Waals surface area (Å²) in [6.07, 6.45) is 1.01. The first kappa shape index (κ1) is 7.17. The van der Waals surface area contributed by atoms with Crippen LogP contribution in [0.15, 0.2) is 30.3 Å². The molecule has 1 aliphatic rings. The maximum absolute atomic E-state index is 8.73. The Morgan fingerprint density at radius 2 is 2.08 bits per heavy atom. The molecule has 0 spiro atoms. The Balaban J connectivity index is 2.17. The Morgan fingerprint density at radius 3 is 2.58 bits per heavy atom. The van der Waals surface area contributed by atoms with Crippen molar-refractivity contribution in [2.45, 2.75) is 12.5 Å². The van der Waals surface area contributed by atoms with Gasteiger partial charge in [0.1, 0.15) is 6.04 Å².